The molecule has 0 aliphatic heterocycles. The quantitative estimate of drug-likeness (QED) is 0.587. The number of hydrogen-bond acceptors (Lipinski definition) is 4. The fourth-order valence-corrected chi connectivity index (χ4v) is 3.18. The summed E-state index contributed by atoms with van der Waals surface area (Å²) in [4.78, 5) is 36.5. The van der Waals surface area contributed by atoms with Gasteiger partial charge in [0.25, 0.3) is 5.56 Å². The Hall–Kier alpha value is -3.42. The van der Waals surface area contributed by atoms with Gasteiger partial charge in [0.05, 0.1) is 12.9 Å². The van der Waals surface area contributed by atoms with Crippen molar-refractivity contribution in [2.45, 2.75) is 19.9 Å². The van der Waals surface area contributed by atoms with Gasteiger partial charge >= 0.3 is 5.69 Å². The van der Waals surface area contributed by atoms with Gasteiger partial charge in [-0.05, 0) is 12.5 Å². The summed E-state index contributed by atoms with van der Waals surface area (Å²) in [7, 11) is 3.07. The zero-order valence-electron chi connectivity index (χ0n) is 15.4. The molecule has 8 nitrogen and oxygen atoms in total. The molecule has 1 aromatic carbocycles. The summed E-state index contributed by atoms with van der Waals surface area (Å²) < 4.78 is 4.18. The van der Waals surface area contributed by atoms with E-state index in [1.54, 1.807) is 17.9 Å². The van der Waals surface area contributed by atoms with Crippen molar-refractivity contribution in [1.82, 2.24) is 28.7 Å². The first-order valence-electron chi connectivity index (χ1n) is 8.63. The summed E-state index contributed by atoms with van der Waals surface area (Å²) in [6, 6.07) is 8.38. The molecule has 4 rings (SSSR count). The fraction of sp³-hybridized carbons (Fsp3) is 0.263. The highest BCUT2D eigenvalue weighted by molar-refractivity contribution is 5.70. The number of nitrogens with zero attached hydrogens (tertiary/aromatic N) is 5. The number of fused-ring (bicyclic) bond motifs is 1. The summed E-state index contributed by atoms with van der Waals surface area (Å²) in [5.74, 6) is 0.729. The Bertz CT molecular complexity index is 1240. The normalized spacial score (nSPS) is 11.4. The van der Waals surface area contributed by atoms with E-state index in [1.807, 2.05) is 6.20 Å². The van der Waals surface area contributed by atoms with Crippen molar-refractivity contribution in [1.29, 1.82) is 0 Å². The van der Waals surface area contributed by atoms with E-state index >= 15 is 0 Å². The van der Waals surface area contributed by atoms with Crippen LogP contribution >= 0.6 is 0 Å². The minimum atomic E-state index is -0.392. The molecule has 0 radical (unpaired) electrons. The predicted molar refractivity (Wildman–Crippen MR) is 102 cm³/mol. The highest BCUT2D eigenvalue weighted by atomic mass is 16.2. The number of hydrogen-bond donors (Lipinski definition) is 1. The average Bonchev–Trinajstić information content (AvgIpc) is 3.27. The van der Waals surface area contributed by atoms with Crippen LogP contribution in [0.4, 0.5) is 0 Å². The largest absolute Gasteiger partial charge is 0.344 e. The van der Waals surface area contributed by atoms with Crippen molar-refractivity contribution in [2.75, 3.05) is 0 Å². The molecule has 138 valence electrons. The Balaban J connectivity index is 1.64. The first-order chi connectivity index (χ1) is 12.9. The van der Waals surface area contributed by atoms with E-state index in [0.29, 0.717) is 17.7 Å². The van der Waals surface area contributed by atoms with Crippen molar-refractivity contribution < 1.29 is 0 Å². The van der Waals surface area contributed by atoms with E-state index in [4.69, 9.17) is 0 Å². The molecule has 0 saturated heterocycles. The molecule has 0 fully saturated rings. The summed E-state index contributed by atoms with van der Waals surface area (Å²) in [5.41, 5.74) is 3.43. The molecule has 0 amide bonds. The molecule has 3 aromatic heterocycles. The minimum Gasteiger partial charge on any atom is -0.344 e. The van der Waals surface area contributed by atoms with Crippen LogP contribution in [0.5, 0.6) is 0 Å². The molecule has 4 aromatic rings. The van der Waals surface area contributed by atoms with Crippen molar-refractivity contribution >= 4 is 11.2 Å². The molecule has 0 aliphatic carbocycles. The van der Waals surface area contributed by atoms with Gasteiger partial charge in [0.2, 0.25) is 0 Å². The summed E-state index contributed by atoms with van der Waals surface area (Å²) in [6.45, 7) is 2.44. The second kappa shape index (κ2) is 6.39. The standard InChI is InChI=1S/C19H20N6O2/c1-12-4-6-13(7-5-12)8-14-9-20-15(22-14)10-25-11-21-17-16(25)18(26)24(3)19(27)23(17)2/h4-7,9,11H,8,10H2,1-3H3,(H,20,22). The van der Waals surface area contributed by atoms with Crippen molar-refractivity contribution in [3.8, 4) is 0 Å². The number of imidazole rings is 2. The van der Waals surface area contributed by atoms with Crippen LogP contribution < -0.4 is 11.2 Å². The van der Waals surface area contributed by atoms with Gasteiger partial charge in [-0.15, -0.1) is 0 Å². The van der Waals surface area contributed by atoms with Crippen LogP contribution in [0.2, 0.25) is 0 Å². The second-order valence-electron chi connectivity index (χ2n) is 6.77. The smallest absolute Gasteiger partial charge is 0.332 e. The first-order valence-corrected chi connectivity index (χ1v) is 8.63. The van der Waals surface area contributed by atoms with Crippen LogP contribution in [-0.2, 0) is 27.1 Å². The molecule has 27 heavy (non-hydrogen) atoms. The van der Waals surface area contributed by atoms with Crippen molar-refractivity contribution in [3.63, 3.8) is 0 Å². The molecule has 0 bridgehead atoms. The third-order valence-electron chi connectivity index (χ3n) is 4.73. The van der Waals surface area contributed by atoms with Crippen LogP contribution in [0.15, 0.2) is 46.4 Å². The lowest BCUT2D eigenvalue weighted by Gasteiger charge is -2.05. The lowest BCUT2D eigenvalue weighted by molar-refractivity contribution is 0.699. The van der Waals surface area contributed by atoms with Gasteiger partial charge in [0.15, 0.2) is 11.2 Å². The van der Waals surface area contributed by atoms with E-state index in [0.717, 1.165) is 22.5 Å². The first kappa shape index (κ1) is 17.0. The summed E-state index contributed by atoms with van der Waals surface area (Å²) >= 11 is 0. The molecule has 3 heterocycles. The zero-order chi connectivity index (χ0) is 19.1. The molecule has 0 aliphatic rings. The van der Waals surface area contributed by atoms with E-state index in [-0.39, 0.29) is 5.56 Å². The van der Waals surface area contributed by atoms with E-state index < -0.39 is 5.69 Å². The summed E-state index contributed by atoms with van der Waals surface area (Å²) in [5, 5.41) is 0. The molecule has 0 atom stereocenters. The van der Waals surface area contributed by atoms with Gasteiger partial charge in [0, 0.05) is 32.4 Å². The van der Waals surface area contributed by atoms with Crippen LogP contribution in [0.1, 0.15) is 22.6 Å². The summed E-state index contributed by atoms with van der Waals surface area (Å²) in [6.07, 6.45) is 4.13. The Morgan fingerprint density at radius 2 is 1.78 bits per heavy atom. The van der Waals surface area contributed by atoms with Crippen LogP contribution in [0.25, 0.3) is 11.2 Å². The molecular formula is C19H20N6O2. The Labute approximate surface area is 154 Å². The lowest BCUT2D eigenvalue weighted by Crippen LogP contribution is -2.37. The Morgan fingerprint density at radius 1 is 1.04 bits per heavy atom. The van der Waals surface area contributed by atoms with Crippen LogP contribution in [0.3, 0.4) is 0 Å². The van der Waals surface area contributed by atoms with Gasteiger partial charge in [-0.25, -0.2) is 14.8 Å². The Morgan fingerprint density at radius 3 is 2.52 bits per heavy atom. The monoisotopic (exact) mass is 364 g/mol. The van der Waals surface area contributed by atoms with E-state index in [9.17, 15) is 9.59 Å². The molecule has 1 N–H and O–H groups in total. The minimum absolute atomic E-state index is 0.364. The average molecular weight is 364 g/mol. The molecule has 0 saturated carbocycles. The number of nitrogens with one attached hydrogen (secondary N) is 1. The second-order valence-corrected chi connectivity index (χ2v) is 6.77. The van der Waals surface area contributed by atoms with Gasteiger partial charge in [-0.2, -0.15) is 0 Å². The molecular weight excluding hydrogens is 344 g/mol. The van der Waals surface area contributed by atoms with Crippen molar-refractivity contribution in [2.24, 2.45) is 14.1 Å². The maximum Gasteiger partial charge on any atom is 0.332 e. The number of aromatic nitrogens is 6. The molecule has 0 unspecified atom stereocenters. The third kappa shape index (κ3) is 2.99. The van der Waals surface area contributed by atoms with Crippen LogP contribution in [0, 0.1) is 6.92 Å². The number of rotatable bonds is 4. The number of aryl methyl sites for hydroxylation is 2. The molecule has 8 heteroatoms. The highest BCUT2D eigenvalue weighted by Gasteiger charge is 2.15. The van der Waals surface area contributed by atoms with E-state index in [1.165, 1.54) is 22.7 Å². The van der Waals surface area contributed by atoms with E-state index in [2.05, 4.69) is 46.1 Å². The Kier molecular flexibility index (Phi) is 4.02. The maximum atomic E-state index is 12.5. The number of benzene rings is 1. The number of H-pyrrole nitrogens is 1. The number of aromatic amines is 1. The van der Waals surface area contributed by atoms with Crippen LogP contribution in [-0.4, -0.2) is 28.7 Å². The molecule has 0 spiro atoms. The lowest BCUT2D eigenvalue weighted by atomic mass is 10.1. The maximum absolute atomic E-state index is 12.5. The topological polar surface area (TPSA) is 90.5 Å². The SMILES string of the molecule is Cc1ccc(Cc2cnc(Cn3cnc4c3c(=O)n(C)c(=O)n4C)[nH]2)cc1. The fourth-order valence-electron chi connectivity index (χ4n) is 3.18. The van der Waals surface area contributed by atoms with Gasteiger partial charge in [0.1, 0.15) is 5.82 Å². The van der Waals surface area contributed by atoms with Gasteiger partial charge in [-0.3, -0.25) is 13.9 Å². The van der Waals surface area contributed by atoms with Gasteiger partial charge in [-0.1, -0.05) is 29.8 Å². The van der Waals surface area contributed by atoms with Gasteiger partial charge < -0.3 is 9.55 Å². The predicted octanol–water partition coefficient (Wildman–Crippen LogP) is 1.10. The highest BCUT2D eigenvalue weighted by Crippen LogP contribution is 2.11. The zero-order valence-corrected chi connectivity index (χ0v) is 15.4. The van der Waals surface area contributed by atoms with Crippen molar-refractivity contribution in [3.05, 3.63) is 80.3 Å². The third-order valence-corrected chi connectivity index (χ3v) is 4.73.